The Kier molecular flexibility index (Phi) is 8.48. The molecule has 0 saturated heterocycles. The number of hydrogen-bond acceptors (Lipinski definition) is 3. The summed E-state index contributed by atoms with van der Waals surface area (Å²) in [6.07, 6.45) is 9.80. The molecule has 0 aliphatic heterocycles. The van der Waals surface area contributed by atoms with Crippen LogP contribution in [-0.4, -0.2) is 36.7 Å². The van der Waals surface area contributed by atoms with Crippen LogP contribution >= 0.6 is 0 Å². The second-order valence-corrected chi connectivity index (χ2v) is 5.93. The summed E-state index contributed by atoms with van der Waals surface area (Å²) >= 11 is 0. The fourth-order valence-corrected chi connectivity index (χ4v) is 2.75. The van der Waals surface area contributed by atoms with Gasteiger partial charge in [-0.05, 0) is 38.3 Å². The Bertz CT molecular complexity index is 444. The maximum atomic E-state index is 5.94. The molecule has 0 amide bonds. The van der Waals surface area contributed by atoms with Crippen molar-refractivity contribution in [2.24, 2.45) is 4.99 Å². The highest BCUT2D eigenvalue weighted by molar-refractivity contribution is 5.79. The summed E-state index contributed by atoms with van der Waals surface area (Å²) in [6, 6.07) is 5.90. The molecule has 1 aromatic heterocycles. The SMILES string of the molecule is CCNC(=NCc1ccccn1)NCCCOC1CCCCC1. The third-order valence-corrected chi connectivity index (χ3v) is 3.99. The predicted molar refractivity (Wildman–Crippen MR) is 94.5 cm³/mol. The molecule has 2 N–H and O–H groups in total. The van der Waals surface area contributed by atoms with Crippen LogP contribution in [0.15, 0.2) is 29.4 Å². The molecule has 1 aliphatic carbocycles. The molecule has 0 radical (unpaired) electrons. The summed E-state index contributed by atoms with van der Waals surface area (Å²) in [6.45, 7) is 5.23. The van der Waals surface area contributed by atoms with Gasteiger partial charge in [0.15, 0.2) is 5.96 Å². The van der Waals surface area contributed by atoms with Gasteiger partial charge in [0.05, 0.1) is 18.3 Å². The monoisotopic (exact) mass is 318 g/mol. The van der Waals surface area contributed by atoms with Crippen molar-refractivity contribution in [1.29, 1.82) is 0 Å². The van der Waals surface area contributed by atoms with Gasteiger partial charge in [0.2, 0.25) is 0 Å². The van der Waals surface area contributed by atoms with E-state index in [0.717, 1.165) is 37.8 Å². The summed E-state index contributed by atoms with van der Waals surface area (Å²) < 4.78 is 5.94. The number of aromatic nitrogens is 1. The van der Waals surface area contributed by atoms with E-state index in [4.69, 9.17) is 4.74 Å². The number of pyridine rings is 1. The lowest BCUT2D eigenvalue weighted by molar-refractivity contribution is 0.0277. The number of guanidine groups is 1. The van der Waals surface area contributed by atoms with E-state index in [-0.39, 0.29) is 0 Å². The summed E-state index contributed by atoms with van der Waals surface area (Å²) in [5.74, 6) is 0.843. The van der Waals surface area contributed by atoms with Crippen molar-refractivity contribution in [3.8, 4) is 0 Å². The lowest BCUT2D eigenvalue weighted by Gasteiger charge is -2.22. The molecule has 23 heavy (non-hydrogen) atoms. The van der Waals surface area contributed by atoms with Gasteiger partial charge in [0.25, 0.3) is 0 Å². The third-order valence-electron chi connectivity index (χ3n) is 3.99. The summed E-state index contributed by atoms with van der Waals surface area (Å²) in [5, 5.41) is 6.62. The maximum Gasteiger partial charge on any atom is 0.191 e. The molecule has 0 aromatic carbocycles. The Morgan fingerprint density at radius 3 is 2.87 bits per heavy atom. The first-order chi connectivity index (χ1) is 11.4. The molecule has 0 atom stereocenters. The van der Waals surface area contributed by atoms with Gasteiger partial charge in [-0.25, -0.2) is 4.99 Å². The first-order valence-corrected chi connectivity index (χ1v) is 8.92. The van der Waals surface area contributed by atoms with Crippen LogP contribution in [-0.2, 0) is 11.3 Å². The molecule has 0 unspecified atom stereocenters. The van der Waals surface area contributed by atoms with E-state index >= 15 is 0 Å². The van der Waals surface area contributed by atoms with Gasteiger partial charge in [0, 0.05) is 25.9 Å². The summed E-state index contributed by atoms with van der Waals surface area (Å²) in [4.78, 5) is 8.85. The molecule has 0 bridgehead atoms. The van der Waals surface area contributed by atoms with Crippen LogP contribution in [0.3, 0.4) is 0 Å². The zero-order chi connectivity index (χ0) is 16.2. The minimum absolute atomic E-state index is 0.495. The van der Waals surface area contributed by atoms with Gasteiger partial charge in [-0.3, -0.25) is 4.98 Å². The number of nitrogens with one attached hydrogen (secondary N) is 2. The first-order valence-electron chi connectivity index (χ1n) is 8.92. The highest BCUT2D eigenvalue weighted by Gasteiger charge is 2.12. The quantitative estimate of drug-likeness (QED) is 0.439. The lowest BCUT2D eigenvalue weighted by Crippen LogP contribution is -2.38. The standard InChI is InChI=1S/C18H30N4O/c1-2-19-18(22-15-16-9-6-7-12-20-16)21-13-8-14-23-17-10-4-3-5-11-17/h6-7,9,12,17H,2-5,8,10-11,13-15H2,1H3,(H2,19,21,22). The van der Waals surface area contributed by atoms with Crippen LogP contribution in [0.5, 0.6) is 0 Å². The second-order valence-electron chi connectivity index (χ2n) is 5.93. The van der Waals surface area contributed by atoms with Crippen molar-refractivity contribution < 1.29 is 4.74 Å². The summed E-state index contributed by atoms with van der Waals surface area (Å²) in [5.41, 5.74) is 0.977. The van der Waals surface area contributed by atoms with E-state index in [0.29, 0.717) is 12.6 Å². The normalized spacial score (nSPS) is 16.3. The molecule has 1 heterocycles. The van der Waals surface area contributed by atoms with E-state index in [1.165, 1.54) is 32.1 Å². The minimum atomic E-state index is 0.495. The van der Waals surface area contributed by atoms with E-state index in [9.17, 15) is 0 Å². The van der Waals surface area contributed by atoms with Crippen LogP contribution in [0.2, 0.25) is 0 Å². The first kappa shape index (κ1) is 17.7. The Morgan fingerprint density at radius 1 is 1.26 bits per heavy atom. The average molecular weight is 318 g/mol. The van der Waals surface area contributed by atoms with Gasteiger partial charge in [-0.1, -0.05) is 25.3 Å². The molecule has 2 rings (SSSR count). The molecule has 5 nitrogen and oxygen atoms in total. The van der Waals surface area contributed by atoms with Crippen LogP contribution in [0.1, 0.15) is 51.1 Å². The maximum absolute atomic E-state index is 5.94. The zero-order valence-electron chi connectivity index (χ0n) is 14.3. The van der Waals surface area contributed by atoms with Crippen molar-refractivity contribution in [2.45, 2.75) is 58.1 Å². The topological polar surface area (TPSA) is 58.5 Å². The van der Waals surface area contributed by atoms with Crippen molar-refractivity contribution in [2.75, 3.05) is 19.7 Å². The highest BCUT2D eigenvalue weighted by atomic mass is 16.5. The van der Waals surface area contributed by atoms with E-state index in [1.807, 2.05) is 18.2 Å². The average Bonchev–Trinajstić information content (AvgIpc) is 2.61. The minimum Gasteiger partial charge on any atom is -0.378 e. The van der Waals surface area contributed by atoms with Crippen molar-refractivity contribution in [3.05, 3.63) is 30.1 Å². The van der Waals surface area contributed by atoms with E-state index < -0.39 is 0 Å². The smallest absolute Gasteiger partial charge is 0.191 e. The van der Waals surface area contributed by atoms with E-state index in [1.54, 1.807) is 6.20 Å². The molecule has 1 aliphatic rings. The van der Waals surface area contributed by atoms with Crippen molar-refractivity contribution >= 4 is 5.96 Å². The van der Waals surface area contributed by atoms with Crippen molar-refractivity contribution in [1.82, 2.24) is 15.6 Å². The number of hydrogen-bond donors (Lipinski definition) is 2. The fourth-order valence-electron chi connectivity index (χ4n) is 2.75. The number of nitrogens with zero attached hydrogens (tertiary/aromatic N) is 2. The molecule has 5 heteroatoms. The highest BCUT2D eigenvalue weighted by Crippen LogP contribution is 2.20. The molecule has 1 fully saturated rings. The summed E-state index contributed by atoms with van der Waals surface area (Å²) in [7, 11) is 0. The van der Waals surface area contributed by atoms with Crippen LogP contribution < -0.4 is 10.6 Å². The number of rotatable bonds is 8. The van der Waals surface area contributed by atoms with Gasteiger partial charge in [0.1, 0.15) is 0 Å². The Morgan fingerprint density at radius 2 is 2.13 bits per heavy atom. The van der Waals surface area contributed by atoms with E-state index in [2.05, 4.69) is 27.5 Å². The second kappa shape index (κ2) is 11.0. The molecule has 1 saturated carbocycles. The van der Waals surface area contributed by atoms with Gasteiger partial charge in [-0.2, -0.15) is 0 Å². The predicted octanol–water partition coefficient (Wildman–Crippen LogP) is 2.88. The molecule has 1 aromatic rings. The molecule has 0 spiro atoms. The Labute approximate surface area is 139 Å². The zero-order valence-corrected chi connectivity index (χ0v) is 14.3. The van der Waals surface area contributed by atoms with Crippen LogP contribution in [0, 0.1) is 0 Å². The largest absolute Gasteiger partial charge is 0.378 e. The van der Waals surface area contributed by atoms with Crippen molar-refractivity contribution in [3.63, 3.8) is 0 Å². The van der Waals surface area contributed by atoms with Crippen LogP contribution in [0.25, 0.3) is 0 Å². The fraction of sp³-hybridized carbons (Fsp3) is 0.667. The van der Waals surface area contributed by atoms with Gasteiger partial charge < -0.3 is 15.4 Å². The number of ether oxygens (including phenoxy) is 1. The molecule has 128 valence electrons. The van der Waals surface area contributed by atoms with Gasteiger partial charge in [-0.15, -0.1) is 0 Å². The number of aliphatic imine (C=N–C) groups is 1. The molecular formula is C18H30N4O. The lowest BCUT2D eigenvalue weighted by atomic mass is 9.98. The van der Waals surface area contributed by atoms with Crippen LogP contribution in [0.4, 0.5) is 0 Å². The Hall–Kier alpha value is -1.62. The van der Waals surface area contributed by atoms with Gasteiger partial charge >= 0.3 is 0 Å². The molecular weight excluding hydrogens is 288 g/mol. The Balaban J connectivity index is 1.63. The third kappa shape index (κ3) is 7.46.